The number of halogens is 2. The van der Waals surface area contributed by atoms with Gasteiger partial charge in [0.2, 0.25) is 5.91 Å². The standard InChI is InChI=1S/C17H22Cl2N2O3/c18-12-7-8-15(14(19)9-12)24-11-17(23)20-10-16(22)21-13-5-3-1-2-4-6-13/h7-9,13H,1-6,10-11H2,(H,20,23)(H,21,22). The summed E-state index contributed by atoms with van der Waals surface area (Å²) < 4.78 is 5.32. The molecule has 1 aromatic carbocycles. The molecule has 0 bridgehead atoms. The van der Waals surface area contributed by atoms with Crippen LogP contribution >= 0.6 is 23.2 Å². The second-order valence-electron chi connectivity index (χ2n) is 5.90. The molecule has 0 saturated heterocycles. The highest BCUT2D eigenvalue weighted by Gasteiger charge is 2.15. The maximum atomic E-state index is 11.9. The van der Waals surface area contributed by atoms with Crippen molar-refractivity contribution in [1.82, 2.24) is 10.6 Å². The van der Waals surface area contributed by atoms with E-state index in [1.54, 1.807) is 12.1 Å². The van der Waals surface area contributed by atoms with Gasteiger partial charge in [-0.3, -0.25) is 9.59 Å². The number of rotatable bonds is 6. The summed E-state index contributed by atoms with van der Waals surface area (Å²) in [5, 5.41) is 6.34. The van der Waals surface area contributed by atoms with E-state index in [9.17, 15) is 9.59 Å². The van der Waals surface area contributed by atoms with E-state index in [1.165, 1.54) is 18.9 Å². The average molecular weight is 373 g/mol. The van der Waals surface area contributed by atoms with Crippen molar-refractivity contribution in [2.75, 3.05) is 13.2 Å². The van der Waals surface area contributed by atoms with Crippen molar-refractivity contribution in [3.63, 3.8) is 0 Å². The molecule has 24 heavy (non-hydrogen) atoms. The molecule has 0 aromatic heterocycles. The fraction of sp³-hybridized carbons (Fsp3) is 0.529. The van der Waals surface area contributed by atoms with Gasteiger partial charge in [-0.1, -0.05) is 48.9 Å². The van der Waals surface area contributed by atoms with Gasteiger partial charge in [0.05, 0.1) is 11.6 Å². The quantitative estimate of drug-likeness (QED) is 0.752. The molecule has 0 radical (unpaired) electrons. The van der Waals surface area contributed by atoms with Crippen LogP contribution in [0.4, 0.5) is 0 Å². The Bertz CT molecular complexity index is 573. The zero-order chi connectivity index (χ0) is 17.4. The molecule has 132 valence electrons. The number of hydrogen-bond acceptors (Lipinski definition) is 3. The molecule has 2 amide bonds. The van der Waals surface area contributed by atoms with Crippen LogP contribution in [-0.4, -0.2) is 31.0 Å². The van der Waals surface area contributed by atoms with Gasteiger partial charge in [-0.15, -0.1) is 0 Å². The molecule has 1 saturated carbocycles. The van der Waals surface area contributed by atoms with Crippen molar-refractivity contribution in [1.29, 1.82) is 0 Å². The van der Waals surface area contributed by atoms with E-state index < -0.39 is 0 Å². The van der Waals surface area contributed by atoms with Crippen LogP contribution in [0.25, 0.3) is 0 Å². The van der Waals surface area contributed by atoms with Gasteiger partial charge in [-0.25, -0.2) is 0 Å². The number of hydrogen-bond donors (Lipinski definition) is 2. The van der Waals surface area contributed by atoms with Crippen LogP contribution in [0.1, 0.15) is 38.5 Å². The molecule has 0 heterocycles. The number of carbonyl (C=O) groups excluding carboxylic acids is 2. The molecule has 0 aliphatic heterocycles. The largest absolute Gasteiger partial charge is 0.482 e. The molecule has 0 unspecified atom stereocenters. The Balaban J connectivity index is 1.67. The molecular formula is C17H22Cl2N2O3. The van der Waals surface area contributed by atoms with Crippen molar-refractivity contribution in [3.8, 4) is 5.75 Å². The van der Waals surface area contributed by atoms with Crippen molar-refractivity contribution >= 4 is 35.0 Å². The number of nitrogens with one attached hydrogen (secondary N) is 2. The summed E-state index contributed by atoms with van der Waals surface area (Å²) in [4.78, 5) is 23.7. The summed E-state index contributed by atoms with van der Waals surface area (Å²) in [5.74, 6) is -0.170. The molecule has 2 N–H and O–H groups in total. The lowest BCUT2D eigenvalue weighted by Gasteiger charge is -2.16. The van der Waals surface area contributed by atoms with Crippen LogP contribution in [0, 0.1) is 0 Å². The third-order valence-electron chi connectivity index (χ3n) is 3.92. The van der Waals surface area contributed by atoms with E-state index in [1.807, 2.05) is 0 Å². The third kappa shape index (κ3) is 6.57. The van der Waals surface area contributed by atoms with E-state index in [4.69, 9.17) is 27.9 Å². The van der Waals surface area contributed by atoms with Crippen molar-refractivity contribution in [2.45, 2.75) is 44.6 Å². The second kappa shape index (κ2) is 9.74. The summed E-state index contributed by atoms with van der Waals surface area (Å²) in [5.41, 5.74) is 0. The molecule has 1 aromatic rings. The Hall–Kier alpha value is -1.46. The zero-order valence-electron chi connectivity index (χ0n) is 13.4. The second-order valence-corrected chi connectivity index (χ2v) is 6.74. The van der Waals surface area contributed by atoms with E-state index in [-0.39, 0.29) is 31.0 Å². The van der Waals surface area contributed by atoms with E-state index in [2.05, 4.69) is 10.6 Å². The Morgan fingerprint density at radius 2 is 1.79 bits per heavy atom. The maximum absolute atomic E-state index is 11.9. The van der Waals surface area contributed by atoms with Gasteiger partial charge in [-0.05, 0) is 31.0 Å². The van der Waals surface area contributed by atoms with Crippen LogP contribution in [0.15, 0.2) is 18.2 Å². The first-order valence-electron chi connectivity index (χ1n) is 8.18. The van der Waals surface area contributed by atoms with Crippen LogP contribution in [0.3, 0.4) is 0 Å². The topological polar surface area (TPSA) is 67.4 Å². The minimum absolute atomic E-state index is 0.0486. The molecule has 5 nitrogen and oxygen atoms in total. The predicted octanol–water partition coefficient (Wildman–Crippen LogP) is 3.33. The summed E-state index contributed by atoms with van der Waals surface area (Å²) in [6, 6.07) is 4.98. The van der Waals surface area contributed by atoms with Crippen LogP contribution in [0.2, 0.25) is 10.0 Å². The molecule has 2 rings (SSSR count). The van der Waals surface area contributed by atoms with Gasteiger partial charge in [0.1, 0.15) is 5.75 Å². The fourth-order valence-electron chi connectivity index (χ4n) is 2.67. The number of ether oxygens (including phenoxy) is 1. The number of amides is 2. The molecule has 1 fully saturated rings. The summed E-state index contributed by atoms with van der Waals surface area (Å²) in [6.07, 6.45) is 6.77. The molecular weight excluding hydrogens is 351 g/mol. The summed E-state index contributed by atoms with van der Waals surface area (Å²) in [7, 11) is 0. The minimum Gasteiger partial charge on any atom is -0.482 e. The van der Waals surface area contributed by atoms with Gasteiger partial charge in [-0.2, -0.15) is 0 Å². The highest BCUT2D eigenvalue weighted by molar-refractivity contribution is 6.35. The monoisotopic (exact) mass is 372 g/mol. The first kappa shape index (κ1) is 18.9. The maximum Gasteiger partial charge on any atom is 0.258 e. The Labute approximate surface area is 152 Å². The molecule has 0 atom stereocenters. The molecule has 7 heteroatoms. The zero-order valence-corrected chi connectivity index (χ0v) is 15.0. The molecule has 1 aliphatic rings. The lowest BCUT2D eigenvalue weighted by molar-refractivity contribution is -0.127. The van der Waals surface area contributed by atoms with Crippen molar-refractivity contribution in [3.05, 3.63) is 28.2 Å². The Morgan fingerprint density at radius 3 is 2.46 bits per heavy atom. The molecule has 0 spiro atoms. The van der Waals surface area contributed by atoms with Crippen molar-refractivity contribution < 1.29 is 14.3 Å². The highest BCUT2D eigenvalue weighted by Crippen LogP contribution is 2.27. The van der Waals surface area contributed by atoms with E-state index >= 15 is 0 Å². The first-order valence-corrected chi connectivity index (χ1v) is 8.94. The van der Waals surface area contributed by atoms with Crippen LogP contribution < -0.4 is 15.4 Å². The minimum atomic E-state index is -0.378. The normalized spacial score (nSPS) is 15.4. The Morgan fingerprint density at radius 1 is 1.08 bits per heavy atom. The van der Waals surface area contributed by atoms with E-state index in [0.717, 1.165) is 25.7 Å². The number of benzene rings is 1. The van der Waals surface area contributed by atoms with Gasteiger partial charge in [0, 0.05) is 11.1 Å². The first-order chi connectivity index (χ1) is 11.5. The van der Waals surface area contributed by atoms with Gasteiger partial charge in [0.15, 0.2) is 6.61 Å². The summed E-state index contributed by atoms with van der Waals surface area (Å²) in [6.45, 7) is -0.259. The predicted molar refractivity (Wildman–Crippen MR) is 94.6 cm³/mol. The summed E-state index contributed by atoms with van der Waals surface area (Å²) >= 11 is 11.7. The lowest BCUT2D eigenvalue weighted by Crippen LogP contribution is -2.42. The smallest absolute Gasteiger partial charge is 0.258 e. The SMILES string of the molecule is O=C(COc1ccc(Cl)cc1Cl)NCC(=O)NC1CCCCCC1. The number of carbonyl (C=O) groups is 2. The van der Waals surface area contributed by atoms with E-state index in [0.29, 0.717) is 15.8 Å². The lowest BCUT2D eigenvalue weighted by atomic mass is 10.1. The van der Waals surface area contributed by atoms with Gasteiger partial charge < -0.3 is 15.4 Å². The highest BCUT2D eigenvalue weighted by atomic mass is 35.5. The van der Waals surface area contributed by atoms with Gasteiger partial charge in [0.25, 0.3) is 5.91 Å². The third-order valence-corrected chi connectivity index (χ3v) is 4.45. The van der Waals surface area contributed by atoms with Crippen LogP contribution in [-0.2, 0) is 9.59 Å². The Kier molecular flexibility index (Phi) is 7.66. The van der Waals surface area contributed by atoms with Crippen molar-refractivity contribution in [2.24, 2.45) is 0 Å². The van der Waals surface area contributed by atoms with Gasteiger partial charge >= 0.3 is 0 Å². The fourth-order valence-corrected chi connectivity index (χ4v) is 3.13. The van der Waals surface area contributed by atoms with Crippen LogP contribution in [0.5, 0.6) is 5.75 Å². The average Bonchev–Trinajstić information content (AvgIpc) is 2.81. The molecule has 1 aliphatic carbocycles.